The molecule has 0 saturated heterocycles. The summed E-state index contributed by atoms with van der Waals surface area (Å²) in [5.74, 6) is 5.81. The summed E-state index contributed by atoms with van der Waals surface area (Å²) in [6.45, 7) is 6.86. The highest BCUT2D eigenvalue weighted by Crippen LogP contribution is 2.25. The molecule has 0 bridgehead atoms. The van der Waals surface area contributed by atoms with Gasteiger partial charge in [-0.15, -0.1) is 0 Å². The summed E-state index contributed by atoms with van der Waals surface area (Å²) >= 11 is 0. The van der Waals surface area contributed by atoms with Crippen LogP contribution in [-0.4, -0.2) is 6.54 Å². The van der Waals surface area contributed by atoms with Crippen LogP contribution in [0.4, 0.5) is 5.69 Å². The third kappa shape index (κ3) is 3.00. The van der Waals surface area contributed by atoms with E-state index in [2.05, 4.69) is 32.6 Å². The normalized spacial score (nSPS) is 10.7. The molecule has 0 atom stereocenters. The maximum atomic E-state index is 5.83. The molecule has 0 radical (unpaired) electrons. The standard InChI is InChI=1S/C13H18N2/c1-13(2,3)11-6-7-12(15)10(9-11)5-4-8-14/h6-7,9H,8,14-15H2,1-3H3. The largest absolute Gasteiger partial charge is 0.398 e. The van der Waals surface area contributed by atoms with Gasteiger partial charge in [-0.3, -0.25) is 0 Å². The van der Waals surface area contributed by atoms with Crippen LogP contribution in [0.15, 0.2) is 18.2 Å². The Morgan fingerprint density at radius 1 is 1.27 bits per heavy atom. The number of anilines is 1. The Bertz CT molecular complexity index is 403. The molecule has 1 aromatic carbocycles. The molecule has 0 unspecified atom stereocenters. The average Bonchev–Trinajstić information content (AvgIpc) is 2.15. The minimum atomic E-state index is 0.118. The molecule has 0 aromatic heterocycles. The molecule has 0 heterocycles. The van der Waals surface area contributed by atoms with Crippen LogP contribution in [0.2, 0.25) is 0 Å². The van der Waals surface area contributed by atoms with E-state index < -0.39 is 0 Å². The zero-order chi connectivity index (χ0) is 11.5. The molecule has 0 fully saturated rings. The lowest BCUT2D eigenvalue weighted by Gasteiger charge is -2.19. The molecule has 2 nitrogen and oxygen atoms in total. The van der Waals surface area contributed by atoms with Crippen molar-refractivity contribution in [3.63, 3.8) is 0 Å². The molecule has 15 heavy (non-hydrogen) atoms. The first-order valence-corrected chi connectivity index (χ1v) is 5.04. The number of hydrogen-bond donors (Lipinski definition) is 2. The van der Waals surface area contributed by atoms with Gasteiger partial charge in [0, 0.05) is 11.3 Å². The summed E-state index contributed by atoms with van der Waals surface area (Å²) in [5, 5.41) is 0. The van der Waals surface area contributed by atoms with Gasteiger partial charge in [-0.25, -0.2) is 0 Å². The monoisotopic (exact) mass is 202 g/mol. The van der Waals surface area contributed by atoms with E-state index >= 15 is 0 Å². The van der Waals surface area contributed by atoms with Crippen molar-refractivity contribution in [1.82, 2.24) is 0 Å². The molecular formula is C13H18N2. The van der Waals surface area contributed by atoms with E-state index in [4.69, 9.17) is 11.5 Å². The van der Waals surface area contributed by atoms with E-state index in [1.54, 1.807) is 0 Å². The Labute approximate surface area is 91.7 Å². The first-order chi connectivity index (χ1) is 6.95. The maximum Gasteiger partial charge on any atom is 0.0555 e. The minimum absolute atomic E-state index is 0.118. The third-order valence-corrected chi connectivity index (χ3v) is 2.24. The van der Waals surface area contributed by atoms with Gasteiger partial charge in [0.15, 0.2) is 0 Å². The summed E-state index contributed by atoms with van der Waals surface area (Å²) in [5.41, 5.74) is 14.1. The van der Waals surface area contributed by atoms with Gasteiger partial charge in [-0.1, -0.05) is 38.7 Å². The Morgan fingerprint density at radius 3 is 2.47 bits per heavy atom. The van der Waals surface area contributed by atoms with Crippen molar-refractivity contribution in [2.75, 3.05) is 12.3 Å². The van der Waals surface area contributed by atoms with Crippen LogP contribution in [0.3, 0.4) is 0 Å². The first kappa shape index (κ1) is 11.6. The van der Waals surface area contributed by atoms with Crippen LogP contribution in [0.1, 0.15) is 31.9 Å². The van der Waals surface area contributed by atoms with E-state index in [0.717, 1.165) is 5.56 Å². The van der Waals surface area contributed by atoms with Crippen molar-refractivity contribution in [3.05, 3.63) is 29.3 Å². The fourth-order valence-corrected chi connectivity index (χ4v) is 1.28. The topological polar surface area (TPSA) is 52.0 Å². The highest BCUT2D eigenvalue weighted by molar-refractivity contribution is 5.57. The molecule has 80 valence electrons. The van der Waals surface area contributed by atoms with Crippen LogP contribution in [0.5, 0.6) is 0 Å². The van der Waals surface area contributed by atoms with E-state index in [1.165, 1.54) is 5.56 Å². The van der Waals surface area contributed by atoms with Crippen molar-refractivity contribution in [1.29, 1.82) is 0 Å². The third-order valence-electron chi connectivity index (χ3n) is 2.24. The van der Waals surface area contributed by atoms with Gasteiger partial charge in [0.2, 0.25) is 0 Å². The van der Waals surface area contributed by atoms with E-state index in [0.29, 0.717) is 12.2 Å². The quantitative estimate of drug-likeness (QED) is 0.498. The first-order valence-electron chi connectivity index (χ1n) is 5.04. The molecule has 0 spiro atoms. The van der Waals surface area contributed by atoms with Gasteiger partial charge >= 0.3 is 0 Å². The predicted molar refractivity (Wildman–Crippen MR) is 65.5 cm³/mol. The molecule has 0 aliphatic heterocycles. The second-order valence-corrected chi connectivity index (χ2v) is 4.56. The highest BCUT2D eigenvalue weighted by Gasteiger charge is 2.14. The lowest BCUT2D eigenvalue weighted by Crippen LogP contribution is -2.11. The molecule has 0 aliphatic rings. The van der Waals surface area contributed by atoms with Gasteiger partial charge in [0.25, 0.3) is 0 Å². The van der Waals surface area contributed by atoms with Crippen molar-refractivity contribution in [2.24, 2.45) is 5.73 Å². The summed E-state index contributed by atoms with van der Waals surface area (Å²) in [6, 6.07) is 5.99. The summed E-state index contributed by atoms with van der Waals surface area (Å²) in [7, 11) is 0. The second-order valence-electron chi connectivity index (χ2n) is 4.56. The molecule has 4 N–H and O–H groups in total. The van der Waals surface area contributed by atoms with Crippen molar-refractivity contribution < 1.29 is 0 Å². The van der Waals surface area contributed by atoms with Gasteiger partial charge < -0.3 is 11.5 Å². The number of benzene rings is 1. The Hall–Kier alpha value is -1.46. The Kier molecular flexibility index (Phi) is 3.39. The molecular weight excluding hydrogens is 184 g/mol. The minimum Gasteiger partial charge on any atom is -0.398 e. The summed E-state index contributed by atoms with van der Waals surface area (Å²) < 4.78 is 0. The van der Waals surface area contributed by atoms with Crippen molar-refractivity contribution in [3.8, 4) is 11.8 Å². The average molecular weight is 202 g/mol. The highest BCUT2D eigenvalue weighted by atomic mass is 14.6. The Balaban J connectivity index is 3.17. The van der Waals surface area contributed by atoms with Crippen LogP contribution in [0, 0.1) is 11.8 Å². The maximum absolute atomic E-state index is 5.83. The SMILES string of the molecule is CC(C)(C)c1ccc(N)c(C#CCN)c1. The predicted octanol–water partition coefficient (Wildman–Crippen LogP) is 1.88. The van der Waals surface area contributed by atoms with Gasteiger partial charge in [0.1, 0.15) is 0 Å². The van der Waals surface area contributed by atoms with Gasteiger partial charge in [-0.2, -0.15) is 0 Å². The number of hydrogen-bond acceptors (Lipinski definition) is 2. The number of nitrogen functional groups attached to an aromatic ring is 1. The van der Waals surface area contributed by atoms with E-state index in [9.17, 15) is 0 Å². The van der Waals surface area contributed by atoms with Crippen LogP contribution in [-0.2, 0) is 5.41 Å². The summed E-state index contributed by atoms with van der Waals surface area (Å²) in [4.78, 5) is 0. The smallest absolute Gasteiger partial charge is 0.0555 e. The lowest BCUT2D eigenvalue weighted by molar-refractivity contribution is 0.590. The van der Waals surface area contributed by atoms with E-state index in [1.807, 2.05) is 18.2 Å². The van der Waals surface area contributed by atoms with Crippen LogP contribution < -0.4 is 11.5 Å². The number of rotatable bonds is 0. The van der Waals surface area contributed by atoms with Gasteiger partial charge in [-0.05, 0) is 23.1 Å². The molecule has 0 saturated carbocycles. The van der Waals surface area contributed by atoms with E-state index in [-0.39, 0.29) is 5.41 Å². The molecule has 1 aromatic rings. The zero-order valence-electron chi connectivity index (χ0n) is 9.59. The zero-order valence-corrected chi connectivity index (χ0v) is 9.59. The van der Waals surface area contributed by atoms with Crippen LogP contribution in [0.25, 0.3) is 0 Å². The molecule has 0 amide bonds. The fraction of sp³-hybridized carbons (Fsp3) is 0.385. The fourth-order valence-electron chi connectivity index (χ4n) is 1.28. The molecule has 0 aliphatic carbocycles. The molecule has 2 heteroatoms. The lowest BCUT2D eigenvalue weighted by atomic mass is 9.86. The molecule has 1 rings (SSSR count). The summed E-state index contributed by atoms with van der Waals surface area (Å²) in [6.07, 6.45) is 0. The Morgan fingerprint density at radius 2 is 1.93 bits per heavy atom. The van der Waals surface area contributed by atoms with Gasteiger partial charge in [0.05, 0.1) is 6.54 Å². The van der Waals surface area contributed by atoms with Crippen molar-refractivity contribution >= 4 is 5.69 Å². The number of nitrogens with two attached hydrogens (primary N) is 2. The van der Waals surface area contributed by atoms with Crippen LogP contribution >= 0.6 is 0 Å². The van der Waals surface area contributed by atoms with Crippen molar-refractivity contribution in [2.45, 2.75) is 26.2 Å². The second kappa shape index (κ2) is 4.37.